The van der Waals surface area contributed by atoms with Gasteiger partial charge in [-0.25, -0.2) is 9.37 Å². The molecule has 2 fully saturated rings. The van der Waals surface area contributed by atoms with Gasteiger partial charge in [-0.3, -0.25) is 4.79 Å². The van der Waals surface area contributed by atoms with E-state index in [9.17, 15) is 9.18 Å². The summed E-state index contributed by atoms with van der Waals surface area (Å²) in [5, 5.41) is 1.52. The summed E-state index contributed by atoms with van der Waals surface area (Å²) in [4.78, 5) is 23.6. The molecule has 2 aromatic carbocycles. The van der Waals surface area contributed by atoms with Crippen LogP contribution in [-0.4, -0.2) is 55.1 Å². The number of piperazine rings is 1. The van der Waals surface area contributed by atoms with Crippen LogP contribution in [-0.2, 0) is 4.79 Å². The molecule has 0 spiro atoms. The first-order chi connectivity index (χ1) is 14.1. The van der Waals surface area contributed by atoms with Gasteiger partial charge in [-0.15, -0.1) is 0 Å². The molecule has 0 atom stereocenters. The molecular formula is C21H20ClFN4OS. The fraction of sp³-hybridized carbons (Fsp3) is 0.333. The SMILES string of the molecule is O=C(C1CN(c2nc3c(F)cccc3s2)C1)N1CCN(c2ccc(Cl)cc2)CC1. The normalized spacial score (nSPS) is 17.7. The highest BCUT2D eigenvalue weighted by Crippen LogP contribution is 2.34. The van der Waals surface area contributed by atoms with Gasteiger partial charge in [-0.05, 0) is 36.4 Å². The van der Waals surface area contributed by atoms with E-state index in [4.69, 9.17) is 11.6 Å². The summed E-state index contributed by atoms with van der Waals surface area (Å²) in [6, 6.07) is 12.8. The lowest BCUT2D eigenvalue weighted by molar-refractivity contribution is -0.136. The first-order valence-corrected chi connectivity index (χ1v) is 10.9. The van der Waals surface area contributed by atoms with E-state index >= 15 is 0 Å². The predicted molar refractivity (Wildman–Crippen MR) is 116 cm³/mol. The number of rotatable bonds is 3. The first kappa shape index (κ1) is 18.6. The van der Waals surface area contributed by atoms with Crippen molar-refractivity contribution in [1.29, 1.82) is 0 Å². The summed E-state index contributed by atoms with van der Waals surface area (Å²) in [5.74, 6) is -0.0880. The monoisotopic (exact) mass is 430 g/mol. The van der Waals surface area contributed by atoms with E-state index in [1.807, 2.05) is 35.2 Å². The lowest BCUT2D eigenvalue weighted by atomic mass is 9.99. The van der Waals surface area contributed by atoms with Gasteiger partial charge in [0.25, 0.3) is 0 Å². The minimum Gasteiger partial charge on any atom is -0.368 e. The highest BCUT2D eigenvalue weighted by Gasteiger charge is 2.37. The van der Waals surface area contributed by atoms with Crippen molar-refractivity contribution in [3.63, 3.8) is 0 Å². The van der Waals surface area contributed by atoms with Crippen molar-refractivity contribution in [1.82, 2.24) is 9.88 Å². The highest BCUT2D eigenvalue weighted by atomic mass is 35.5. The zero-order valence-electron chi connectivity index (χ0n) is 15.7. The number of carbonyl (C=O) groups excluding carboxylic acids is 1. The number of hydrogen-bond donors (Lipinski definition) is 0. The largest absolute Gasteiger partial charge is 0.368 e. The molecule has 3 heterocycles. The summed E-state index contributed by atoms with van der Waals surface area (Å²) in [5.41, 5.74) is 1.56. The number of nitrogens with zero attached hydrogens (tertiary/aromatic N) is 4. The summed E-state index contributed by atoms with van der Waals surface area (Å²) in [6.07, 6.45) is 0. The molecule has 2 aliphatic heterocycles. The molecule has 0 saturated carbocycles. The highest BCUT2D eigenvalue weighted by molar-refractivity contribution is 7.22. The molecule has 2 saturated heterocycles. The van der Waals surface area contributed by atoms with Crippen molar-refractivity contribution < 1.29 is 9.18 Å². The summed E-state index contributed by atoms with van der Waals surface area (Å²) < 4.78 is 14.7. The Bertz CT molecular complexity index is 1040. The van der Waals surface area contributed by atoms with E-state index in [-0.39, 0.29) is 17.6 Å². The molecular weight excluding hydrogens is 411 g/mol. The van der Waals surface area contributed by atoms with Gasteiger partial charge in [0.2, 0.25) is 5.91 Å². The lowest BCUT2D eigenvalue weighted by Crippen LogP contribution is -2.58. The Morgan fingerprint density at radius 3 is 2.45 bits per heavy atom. The summed E-state index contributed by atoms with van der Waals surface area (Å²) >= 11 is 7.44. The number of carbonyl (C=O) groups is 1. The van der Waals surface area contributed by atoms with Gasteiger partial charge in [0, 0.05) is 50.0 Å². The average Bonchev–Trinajstić information content (AvgIpc) is 3.13. The van der Waals surface area contributed by atoms with Crippen molar-refractivity contribution in [3.05, 3.63) is 53.3 Å². The molecule has 0 N–H and O–H groups in total. The van der Waals surface area contributed by atoms with Crippen molar-refractivity contribution in [2.75, 3.05) is 49.1 Å². The minimum atomic E-state index is -0.295. The Balaban J connectivity index is 1.17. The second-order valence-corrected chi connectivity index (χ2v) is 8.92. The number of para-hydroxylation sites is 1. The maximum atomic E-state index is 13.9. The van der Waals surface area contributed by atoms with Gasteiger partial charge in [-0.1, -0.05) is 29.0 Å². The van der Waals surface area contributed by atoms with Crippen LogP contribution < -0.4 is 9.80 Å². The maximum Gasteiger partial charge on any atom is 0.229 e. The fourth-order valence-electron chi connectivity index (χ4n) is 3.92. The van der Waals surface area contributed by atoms with Crippen molar-refractivity contribution in [2.45, 2.75) is 0 Å². The molecule has 3 aromatic rings. The van der Waals surface area contributed by atoms with Crippen molar-refractivity contribution >= 4 is 49.9 Å². The minimum absolute atomic E-state index is 0.00561. The number of fused-ring (bicyclic) bond motifs is 1. The van der Waals surface area contributed by atoms with Crippen LogP contribution in [0.4, 0.5) is 15.2 Å². The number of halogens is 2. The Hall–Kier alpha value is -2.38. The number of amides is 1. The number of anilines is 2. The van der Waals surface area contributed by atoms with Gasteiger partial charge in [0.1, 0.15) is 11.3 Å². The molecule has 8 heteroatoms. The van der Waals surface area contributed by atoms with E-state index in [0.717, 1.165) is 46.7 Å². The molecule has 0 unspecified atom stereocenters. The van der Waals surface area contributed by atoms with E-state index in [0.29, 0.717) is 18.6 Å². The predicted octanol–water partition coefficient (Wildman–Crippen LogP) is 3.87. The Labute approximate surface area is 177 Å². The fourth-order valence-corrected chi connectivity index (χ4v) is 5.05. The molecule has 2 aliphatic rings. The molecule has 0 radical (unpaired) electrons. The third-order valence-corrected chi connectivity index (χ3v) is 6.98. The van der Waals surface area contributed by atoms with E-state index in [2.05, 4.69) is 14.8 Å². The average molecular weight is 431 g/mol. The molecule has 150 valence electrons. The zero-order chi connectivity index (χ0) is 20.0. The third kappa shape index (κ3) is 3.53. The van der Waals surface area contributed by atoms with Gasteiger partial charge in [0.05, 0.1) is 10.6 Å². The lowest BCUT2D eigenvalue weighted by Gasteiger charge is -2.43. The maximum absolute atomic E-state index is 13.9. The Kier molecular flexibility index (Phi) is 4.80. The van der Waals surface area contributed by atoms with Gasteiger partial charge in [0.15, 0.2) is 5.13 Å². The number of benzene rings is 2. The third-order valence-electron chi connectivity index (χ3n) is 5.64. The Morgan fingerprint density at radius 1 is 1.03 bits per heavy atom. The smallest absolute Gasteiger partial charge is 0.229 e. The summed E-state index contributed by atoms with van der Waals surface area (Å²) in [7, 11) is 0. The van der Waals surface area contributed by atoms with Crippen LogP contribution >= 0.6 is 22.9 Å². The van der Waals surface area contributed by atoms with Crippen LogP contribution in [0, 0.1) is 11.7 Å². The van der Waals surface area contributed by atoms with E-state index in [1.54, 1.807) is 6.07 Å². The number of hydrogen-bond acceptors (Lipinski definition) is 5. The second-order valence-electron chi connectivity index (χ2n) is 7.47. The topological polar surface area (TPSA) is 39.7 Å². The second kappa shape index (κ2) is 7.46. The molecule has 5 nitrogen and oxygen atoms in total. The van der Waals surface area contributed by atoms with Gasteiger partial charge < -0.3 is 14.7 Å². The van der Waals surface area contributed by atoms with Crippen LogP contribution in [0.3, 0.4) is 0 Å². The van der Waals surface area contributed by atoms with Crippen LogP contribution in [0.25, 0.3) is 10.2 Å². The van der Waals surface area contributed by atoms with E-state index in [1.165, 1.54) is 17.4 Å². The zero-order valence-corrected chi connectivity index (χ0v) is 17.3. The molecule has 5 rings (SSSR count). The molecule has 1 aromatic heterocycles. The number of aromatic nitrogens is 1. The molecule has 0 aliphatic carbocycles. The van der Waals surface area contributed by atoms with Crippen molar-refractivity contribution in [2.24, 2.45) is 5.92 Å². The van der Waals surface area contributed by atoms with Crippen LogP contribution in [0.5, 0.6) is 0 Å². The first-order valence-electron chi connectivity index (χ1n) is 9.68. The quantitative estimate of drug-likeness (QED) is 0.632. The standard InChI is InChI=1S/C21H20ClFN4OS/c22-15-4-6-16(7-5-15)25-8-10-26(11-9-25)20(28)14-12-27(13-14)21-24-19-17(23)2-1-3-18(19)29-21/h1-7,14H,8-13H2. The van der Waals surface area contributed by atoms with Crippen LogP contribution in [0.1, 0.15) is 0 Å². The summed E-state index contributed by atoms with van der Waals surface area (Å²) in [6.45, 7) is 4.39. The molecule has 1 amide bonds. The van der Waals surface area contributed by atoms with Crippen LogP contribution in [0.15, 0.2) is 42.5 Å². The van der Waals surface area contributed by atoms with E-state index < -0.39 is 0 Å². The Morgan fingerprint density at radius 2 is 1.76 bits per heavy atom. The number of thiazole rings is 1. The van der Waals surface area contributed by atoms with Gasteiger partial charge in [-0.2, -0.15) is 0 Å². The van der Waals surface area contributed by atoms with Crippen molar-refractivity contribution in [3.8, 4) is 0 Å². The molecule has 0 bridgehead atoms. The van der Waals surface area contributed by atoms with Crippen LogP contribution in [0.2, 0.25) is 5.02 Å². The molecule has 29 heavy (non-hydrogen) atoms. The van der Waals surface area contributed by atoms with Gasteiger partial charge >= 0.3 is 0 Å².